The van der Waals surface area contributed by atoms with Gasteiger partial charge >= 0.3 is 0 Å². The fourth-order valence-electron chi connectivity index (χ4n) is 9.21. The number of furan rings is 1. The van der Waals surface area contributed by atoms with E-state index in [1.165, 1.54) is 49.9 Å². The maximum Gasteiger partial charge on any atom is 0.160 e. The summed E-state index contributed by atoms with van der Waals surface area (Å²) in [7, 11) is 0. The van der Waals surface area contributed by atoms with E-state index in [9.17, 15) is 0 Å². The monoisotopic (exact) mass is 864 g/mol. The summed E-state index contributed by atoms with van der Waals surface area (Å²) in [5, 5.41) is 4.56. The average molecular weight is 865 g/mol. The number of rotatable bonds is 7. The molecule has 0 fully saturated rings. The third-order valence-corrected chi connectivity index (χ3v) is 13.1. The third-order valence-electron chi connectivity index (χ3n) is 13.1. The molecule has 0 radical (unpaired) electrons. The van der Waals surface area contributed by atoms with Crippen molar-refractivity contribution in [3.8, 4) is 78.4 Å². The Balaban J connectivity index is 0.982. The molecule has 2 aromatic heterocycles. The van der Waals surface area contributed by atoms with Crippen LogP contribution in [0.25, 0.3) is 111 Å². The summed E-state index contributed by atoms with van der Waals surface area (Å²) in [6.07, 6.45) is 0. The van der Waals surface area contributed by atoms with Gasteiger partial charge in [-0.05, 0) is 132 Å². The second-order valence-corrected chi connectivity index (χ2v) is 20.0. The lowest BCUT2D eigenvalue weighted by atomic mass is 9.79. The first-order chi connectivity index (χ1) is 32.4. The van der Waals surface area contributed by atoms with Gasteiger partial charge in [0.25, 0.3) is 0 Å². The van der Waals surface area contributed by atoms with Crippen molar-refractivity contribution in [2.45, 2.75) is 52.4 Å². The van der Waals surface area contributed by atoms with Crippen LogP contribution in [0.4, 0.5) is 0 Å². The standard InChI is InChI=1S/C64H52N2O/c1-63(2,3)54-34-53(35-55(39-54)64(4,5)6)46-23-15-22-45(30-46)52-32-50(41-16-9-7-10-17-41)31-51(33-52)42-24-26-43(27-25-42)58-40-59(66-62(65-58)44-18-11-8-12-19-44)49-28-29-56-57-36-47-20-13-14-21-48(47)37-61(57)67-60(56)38-49/h7-40H,1-6H3. The Kier molecular flexibility index (Phi) is 10.3. The van der Waals surface area contributed by atoms with Crippen molar-refractivity contribution in [3.05, 3.63) is 217 Å². The minimum atomic E-state index is 0.0314. The van der Waals surface area contributed by atoms with Crippen LogP contribution in [-0.4, -0.2) is 9.97 Å². The molecule has 3 heteroatoms. The number of benzene rings is 9. The van der Waals surface area contributed by atoms with E-state index in [-0.39, 0.29) is 10.8 Å². The van der Waals surface area contributed by atoms with Gasteiger partial charge in [-0.1, -0.05) is 193 Å². The first-order valence-corrected chi connectivity index (χ1v) is 23.3. The van der Waals surface area contributed by atoms with Crippen LogP contribution in [-0.2, 0) is 10.8 Å². The van der Waals surface area contributed by atoms with Crippen molar-refractivity contribution < 1.29 is 4.42 Å². The zero-order valence-electron chi connectivity index (χ0n) is 38.9. The molecule has 0 saturated heterocycles. The molecule has 0 aliphatic heterocycles. The molecule has 3 nitrogen and oxygen atoms in total. The normalized spacial score (nSPS) is 12.0. The highest BCUT2D eigenvalue weighted by molar-refractivity contribution is 6.10. The number of hydrogen-bond donors (Lipinski definition) is 0. The summed E-state index contributed by atoms with van der Waals surface area (Å²) in [5.74, 6) is 0.676. The van der Waals surface area contributed by atoms with Crippen LogP contribution in [0, 0.1) is 0 Å². The molecule has 67 heavy (non-hydrogen) atoms. The molecule has 11 aromatic rings. The van der Waals surface area contributed by atoms with Gasteiger partial charge < -0.3 is 4.42 Å². The van der Waals surface area contributed by atoms with E-state index in [1.807, 2.05) is 18.2 Å². The zero-order chi connectivity index (χ0) is 45.9. The van der Waals surface area contributed by atoms with Gasteiger partial charge in [0.1, 0.15) is 11.2 Å². The van der Waals surface area contributed by atoms with Gasteiger partial charge in [-0.3, -0.25) is 0 Å². The summed E-state index contributed by atoms with van der Waals surface area (Å²) in [5.41, 5.74) is 18.6. The summed E-state index contributed by atoms with van der Waals surface area (Å²) < 4.78 is 6.49. The largest absolute Gasteiger partial charge is 0.456 e. The van der Waals surface area contributed by atoms with Crippen molar-refractivity contribution in [1.29, 1.82) is 0 Å². The smallest absolute Gasteiger partial charge is 0.160 e. The van der Waals surface area contributed by atoms with Crippen LogP contribution in [0.15, 0.2) is 211 Å². The van der Waals surface area contributed by atoms with Crippen LogP contribution < -0.4 is 0 Å². The second-order valence-electron chi connectivity index (χ2n) is 20.0. The van der Waals surface area contributed by atoms with Gasteiger partial charge in [-0.2, -0.15) is 0 Å². The Morgan fingerprint density at radius 2 is 0.746 bits per heavy atom. The quantitative estimate of drug-likeness (QED) is 0.160. The molecule has 0 atom stereocenters. The van der Waals surface area contributed by atoms with E-state index in [4.69, 9.17) is 14.4 Å². The van der Waals surface area contributed by atoms with Crippen LogP contribution in [0.1, 0.15) is 52.7 Å². The predicted molar refractivity (Wildman–Crippen MR) is 282 cm³/mol. The summed E-state index contributed by atoms with van der Waals surface area (Å²) >= 11 is 0. The number of fused-ring (bicyclic) bond motifs is 4. The van der Waals surface area contributed by atoms with Gasteiger partial charge in [-0.15, -0.1) is 0 Å². The third kappa shape index (κ3) is 8.34. The summed E-state index contributed by atoms with van der Waals surface area (Å²) in [4.78, 5) is 10.3. The van der Waals surface area contributed by atoms with E-state index in [2.05, 4.69) is 230 Å². The van der Waals surface area contributed by atoms with Crippen molar-refractivity contribution in [3.63, 3.8) is 0 Å². The van der Waals surface area contributed by atoms with Crippen LogP contribution in [0.5, 0.6) is 0 Å². The van der Waals surface area contributed by atoms with Gasteiger partial charge in [-0.25, -0.2) is 9.97 Å². The lowest BCUT2D eigenvalue weighted by Crippen LogP contribution is -2.16. The topological polar surface area (TPSA) is 38.9 Å². The lowest BCUT2D eigenvalue weighted by Gasteiger charge is -2.26. The first-order valence-electron chi connectivity index (χ1n) is 23.3. The predicted octanol–water partition coefficient (Wildman–Crippen LogP) is 17.8. The SMILES string of the molecule is CC(C)(C)c1cc(-c2cccc(-c3cc(-c4ccccc4)cc(-c4ccc(-c5cc(-c6ccc7c(c6)oc6cc8ccccc8cc67)nc(-c6ccccc6)n5)cc4)c3)c2)cc(C(C)(C)C)c1. The Hall–Kier alpha value is -7.88. The van der Waals surface area contributed by atoms with Crippen LogP contribution >= 0.6 is 0 Å². The molecule has 0 aliphatic rings. The molecule has 2 heterocycles. The molecular weight excluding hydrogens is 813 g/mol. The molecular formula is C64H52N2O. The molecule has 324 valence electrons. The van der Waals surface area contributed by atoms with E-state index in [1.54, 1.807) is 0 Å². The molecule has 0 unspecified atom stereocenters. The molecule has 9 aromatic carbocycles. The molecule has 0 bridgehead atoms. The van der Waals surface area contributed by atoms with Crippen LogP contribution in [0.3, 0.4) is 0 Å². The summed E-state index contributed by atoms with van der Waals surface area (Å²) in [6.45, 7) is 13.8. The number of nitrogens with zero attached hydrogens (tertiary/aromatic N) is 2. The molecule has 0 aliphatic carbocycles. The Bertz CT molecular complexity index is 3590. The number of hydrogen-bond acceptors (Lipinski definition) is 3. The maximum atomic E-state index is 6.49. The van der Waals surface area contributed by atoms with Crippen molar-refractivity contribution in [1.82, 2.24) is 9.97 Å². The van der Waals surface area contributed by atoms with Crippen molar-refractivity contribution in [2.75, 3.05) is 0 Å². The van der Waals surface area contributed by atoms with Gasteiger partial charge in [0, 0.05) is 27.5 Å². The van der Waals surface area contributed by atoms with E-state index >= 15 is 0 Å². The zero-order valence-corrected chi connectivity index (χ0v) is 38.9. The Morgan fingerprint density at radius 1 is 0.299 bits per heavy atom. The lowest BCUT2D eigenvalue weighted by molar-refractivity contribution is 0.569. The van der Waals surface area contributed by atoms with Crippen LogP contribution in [0.2, 0.25) is 0 Å². The highest BCUT2D eigenvalue weighted by Gasteiger charge is 2.22. The van der Waals surface area contributed by atoms with Gasteiger partial charge in [0.15, 0.2) is 5.82 Å². The molecule has 0 amide bonds. The van der Waals surface area contributed by atoms with Crippen molar-refractivity contribution in [2.24, 2.45) is 0 Å². The first kappa shape index (κ1) is 41.8. The highest BCUT2D eigenvalue weighted by atomic mass is 16.3. The summed E-state index contributed by atoms with van der Waals surface area (Å²) in [6, 6.07) is 74.2. The van der Waals surface area contributed by atoms with E-state index < -0.39 is 0 Å². The Labute approximate surface area is 393 Å². The second kappa shape index (κ2) is 16.5. The highest BCUT2D eigenvalue weighted by Crippen LogP contribution is 2.39. The van der Waals surface area contributed by atoms with Crippen molar-refractivity contribution >= 4 is 32.7 Å². The molecule has 11 rings (SSSR count). The van der Waals surface area contributed by atoms with E-state index in [0.29, 0.717) is 5.82 Å². The van der Waals surface area contributed by atoms with Gasteiger partial charge in [0.05, 0.1) is 11.4 Å². The molecule has 0 N–H and O–H groups in total. The molecule has 0 saturated carbocycles. The fourth-order valence-corrected chi connectivity index (χ4v) is 9.21. The van der Waals surface area contributed by atoms with Gasteiger partial charge in [0.2, 0.25) is 0 Å². The minimum absolute atomic E-state index is 0.0314. The minimum Gasteiger partial charge on any atom is -0.456 e. The average Bonchev–Trinajstić information content (AvgIpc) is 3.71. The molecule has 0 spiro atoms. The number of aromatic nitrogens is 2. The van der Waals surface area contributed by atoms with E-state index in [0.717, 1.165) is 66.5 Å². The fraction of sp³-hybridized carbons (Fsp3) is 0.125. The Morgan fingerprint density at radius 3 is 1.36 bits per heavy atom. The maximum absolute atomic E-state index is 6.49.